The van der Waals surface area contributed by atoms with E-state index >= 15 is 0 Å². The summed E-state index contributed by atoms with van der Waals surface area (Å²) in [5, 5.41) is 0. The predicted octanol–water partition coefficient (Wildman–Crippen LogP) is 0.688. The molecule has 1 heterocycles. The molecule has 0 saturated heterocycles. The Morgan fingerprint density at radius 2 is 2.09 bits per heavy atom. The van der Waals surface area contributed by atoms with Gasteiger partial charge in [-0.15, -0.1) is 0 Å². The van der Waals surface area contributed by atoms with Crippen LogP contribution < -0.4 is 11.5 Å². The first-order chi connectivity index (χ1) is 5.22. The Balaban J connectivity index is 3.04. The second-order valence-corrected chi connectivity index (χ2v) is 2.31. The molecule has 1 aromatic heterocycles. The molecule has 0 aliphatic heterocycles. The average Bonchev–Trinajstić information content (AvgIpc) is 2.05. The van der Waals surface area contributed by atoms with E-state index < -0.39 is 0 Å². The number of nitrogens with two attached hydrogens (primary N) is 2. The van der Waals surface area contributed by atoms with Gasteiger partial charge in [0.1, 0.15) is 0 Å². The van der Waals surface area contributed by atoms with Gasteiger partial charge in [-0.25, -0.2) is 0 Å². The van der Waals surface area contributed by atoms with E-state index in [1.54, 1.807) is 13.1 Å². The van der Waals surface area contributed by atoms with E-state index in [-0.39, 0.29) is 0 Å². The van der Waals surface area contributed by atoms with Gasteiger partial charge >= 0.3 is 0 Å². The molecule has 0 saturated carbocycles. The molecule has 0 bridgehead atoms. The van der Waals surface area contributed by atoms with Gasteiger partial charge in [-0.2, -0.15) is 0 Å². The van der Waals surface area contributed by atoms with E-state index in [0.717, 1.165) is 5.69 Å². The van der Waals surface area contributed by atoms with Crippen molar-refractivity contribution in [3.05, 3.63) is 35.8 Å². The Bertz CT molecular complexity index is 260. The van der Waals surface area contributed by atoms with Gasteiger partial charge in [-0.1, -0.05) is 6.07 Å². The van der Waals surface area contributed by atoms with E-state index in [1.165, 1.54) is 0 Å². The Labute approximate surface area is 65.7 Å². The predicted molar refractivity (Wildman–Crippen MR) is 45.2 cm³/mol. The van der Waals surface area contributed by atoms with E-state index in [9.17, 15) is 0 Å². The molecule has 58 valence electrons. The van der Waals surface area contributed by atoms with Crippen LogP contribution in [0.5, 0.6) is 0 Å². The van der Waals surface area contributed by atoms with Gasteiger partial charge in [-0.3, -0.25) is 4.98 Å². The Morgan fingerprint density at radius 3 is 2.55 bits per heavy atom. The molecule has 0 amide bonds. The first-order valence-corrected chi connectivity index (χ1v) is 3.35. The van der Waals surface area contributed by atoms with Crippen molar-refractivity contribution in [3.8, 4) is 0 Å². The van der Waals surface area contributed by atoms with Gasteiger partial charge in [0.05, 0.1) is 11.4 Å². The van der Waals surface area contributed by atoms with E-state index in [0.29, 0.717) is 11.4 Å². The summed E-state index contributed by atoms with van der Waals surface area (Å²) in [5.41, 5.74) is 13.0. The second kappa shape index (κ2) is 3.05. The number of pyridine rings is 1. The fraction of sp³-hybridized carbons (Fsp3) is 0.125. The molecule has 1 rings (SSSR count). The molecule has 3 nitrogen and oxygen atoms in total. The van der Waals surface area contributed by atoms with Crippen LogP contribution in [0.4, 0.5) is 0 Å². The maximum atomic E-state index is 5.63. The molecule has 0 spiro atoms. The van der Waals surface area contributed by atoms with Gasteiger partial charge in [0.25, 0.3) is 0 Å². The van der Waals surface area contributed by atoms with Crippen molar-refractivity contribution in [2.45, 2.75) is 6.92 Å². The number of nitrogens with zero attached hydrogens (tertiary/aromatic N) is 1. The zero-order valence-electron chi connectivity index (χ0n) is 6.41. The Morgan fingerprint density at radius 1 is 1.36 bits per heavy atom. The molecule has 11 heavy (non-hydrogen) atoms. The highest BCUT2D eigenvalue weighted by atomic mass is 14.8. The number of allylic oxidation sites excluding steroid dienone is 1. The standard InChI is InChI=1S/C8H11N3/c1-6(9)8(10)7-4-2-3-5-11-7/h2-5H,9-10H2,1H3. The van der Waals surface area contributed by atoms with Gasteiger partial charge in [0, 0.05) is 11.9 Å². The summed E-state index contributed by atoms with van der Waals surface area (Å²) >= 11 is 0. The van der Waals surface area contributed by atoms with Crippen molar-refractivity contribution < 1.29 is 0 Å². The molecule has 0 atom stereocenters. The maximum Gasteiger partial charge on any atom is 0.0876 e. The van der Waals surface area contributed by atoms with Crippen LogP contribution in [0.25, 0.3) is 5.70 Å². The first kappa shape index (κ1) is 7.60. The van der Waals surface area contributed by atoms with Crippen LogP contribution in [0.1, 0.15) is 12.6 Å². The van der Waals surface area contributed by atoms with Crippen molar-refractivity contribution in [2.75, 3.05) is 0 Å². The number of rotatable bonds is 1. The lowest BCUT2D eigenvalue weighted by Crippen LogP contribution is -2.06. The molecular weight excluding hydrogens is 138 g/mol. The molecule has 4 N–H and O–H groups in total. The SMILES string of the molecule is CC(N)=C(N)c1ccccn1. The smallest absolute Gasteiger partial charge is 0.0876 e. The third-order valence-electron chi connectivity index (χ3n) is 1.37. The molecule has 0 aromatic carbocycles. The highest BCUT2D eigenvalue weighted by Gasteiger charge is 1.97. The summed E-state index contributed by atoms with van der Waals surface area (Å²) in [7, 11) is 0. The summed E-state index contributed by atoms with van der Waals surface area (Å²) < 4.78 is 0. The fourth-order valence-electron chi connectivity index (χ4n) is 0.724. The highest BCUT2D eigenvalue weighted by Crippen LogP contribution is 2.05. The summed E-state index contributed by atoms with van der Waals surface area (Å²) in [4.78, 5) is 4.04. The number of hydrogen-bond donors (Lipinski definition) is 2. The third kappa shape index (κ3) is 1.70. The topological polar surface area (TPSA) is 64.9 Å². The highest BCUT2D eigenvalue weighted by molar-refractivity contribution is 5.61. The van der Waals surface area contributed by atoms with E-state index in [4.69, 9.17) is 11.5 Å². The van der Waals surface area contributed by atoms with Gasteiger partial charge in [-0.05, 0) is 19.1 Å². The third-order valence-corrected chi connectivity index (χ3v) is 1.37. The normalized spacial score (nSPS) is 12.5. The van der Waals surface area contributed by atoms with Crippen molar-refractivity contribution >= 4 is 5.70 Å². The minimum Gasteiger partial charge on any atom is -0.401 e. The van der Waals surface area contributed by atoms with Gasteiger partial charge in [0.2, 0.25) is 0 Å². The van der Waals surface area contributed by atoms with Crippen molar-refractivity contribution in [2.24, 2.45) is 11.5 Å². The molecule has 0 unspecified atom stereocenters. The van der Waals surface area contributed by atoms with Crippen LogP contribution in [0, 0.1) is 0 Å². The Hall–Kier alpha value is -1.51. The van der Waals surface area contributed by atoms with Crippen LogP contribution in [-0.4, -0.2) is 4.98 Å². The average molecular weight is 149 g/mol. The van der Waals surface area contributed by atoms with Gasteiger partial charge < -0.3 is 11.5 Å². The molecular formula is C8H11N3. The molecule has 1 aromatic rings. The monoisotopic (exact) mass is 149 g/mol. The van der Waals surface area contributed by atoms with Crippen molar-refractivity contribution in [3.63, 3.8) is 0 Å². The molecule has 0 aliphatic carbocycles. The van der Waals surface area contributed by atoms with Crippen LogP contribution in [0.3, 0.4) is 0 Å². The van der Waals surface area contributed by atoms with E-state index in [2.05, 4.69) is 4.98 Å². The zero-order chi connectivity index (χ0) is 8.27. The lowest BCUT2D eigenvalue weighted by atomic mass is 10.2. The lowest BCUT2D eigenvalue weighted by Gasteiger charge is -2.00. The Kier molecular flexibility index (Phi) is 2.11. The maximum absolute atomic E-state index is 5.63. The van der Waals surface area contributed by atoms with Crippen LogP contribution >= 0.6 is 0 Å². The molecule has 0 radical (unpaired) electrons. The molecule has 0 aliphatic rings. The minimum atomic E-state index is 0.547. The summed E-state index contributed by atoms with van der Waals surface area (Å²) in [5.74, 6) is 0. The fourth-order valence-corrected chi connectivity index (χ4v) is 0.724. The number of aromatic nitrogens is 1. The molecule has 3 heteroatoms. The van der Waals surface area contributed by atoms with Crippen molar-refractivity contribution in [1.82, 2.24) is 4.98 Å². The summed E-state index contributed by atoms with van der Waals surface area (Å²) in [6, 6.07) is 5.53. The zero-order valence-corrected chi connectivity index (χ0v) is 6.41. The van der Waals surface area contributed by atoms with E-state index in [1.807, 2.05) is 18.2 Å². The van der Waals surface area contributed by atoms with Crippen molar-refractivity contribution in [1.29, 1.82) is 0 Å². The van der Waals surface area contributed by atoms with Crippen LogP contribution in [-0.2, 0) is 0 Å². The molecule has 0 fully saturated rings. The quantitative estimate of drug-likeness (QED) is 0.617. The second-order valence-electron chi connectivity index (χ2n) is 2.31. The van der Waals surface area contributed by atoms with Crippen LogP contribution in [0.2, 0.25) is 0 Å². The minimum absolute atomic E-state index is 0.547. The number of hydrogen-bond acceptors (Lipinski definition) is 3. The first-order valence-electron chi connectivity index (χ1n) is 3.35. The van der Waals surface area contributed by atoms with Crippen LogP contribution in [0.15, 0.2) is 30.1 Å². The van der Waals surface area contributed by atoms with Gasteiger partial charge in [0.15, 0.2) is 0 Å². The summed E-state index contributed by atoms with van der Waals surface area (Å²) in [6.07, 6.45) is 1.69. The lowest BCUT2D eigenvalue weighted by molar-refractivity contribution is 1.21. The largest absolute Gasteiger partial charge is 0.401 e. The summed E-state index contributed by atoms with van der Waals surface area (Å²) in [6.45, 7) is 1.75.